The number of carbonyl (C=O) groups excluding carboxylic acids is 4. The Morgan fingerprint density at radius 1 is 0.357 bits per heavy atom. The molecule has 5 aromatic rings. The first-order chi connectivity index (χ1) is 27.3. The topological polar surface area (TPSA) is 124 Å². The number of hydrogen-bond donors (Lipinski definition) is 0. The molecule has 0 N–H and O–H groups in total. The highest BCUT2D eigenvalue weighted by Crippen LogP contribution is 2.24. The fourth-order valence-corrected chi connectivity index (χ4v) is 5.40. The zero-order valence-corrected chi connectivity index (χ0v) is 31.7. The average molecular weight is 759 g/mol. The molecular weight excluding hydrogens is 712 g/mol. The second-order valence-corrected chi connectivity index (χ2v) is 12.9. The summed E-state index contributed by atoms with van der Waals surface area (Å²) in [5.74, 6) is -0.224. The van der Waals surface area contributed by atoms with E-state index in [-0.39, 0.29) is 34.1 Å². The van der Waals surface area contributed by atoms with Crippen LogP contribution in [0.4, 0.5) is 0 Å². The summed E-state index contributed by atoms with van der Waals surface area (Å²) in [6.45, 7) is 5.57. The zero-order chi connectivity index (χ0) is 39.5. The molecule has 0 bridgehead atoms. The maximum absolute atomic E-state index is 12.9. The summed E-state index contributed by atoms with van der Waals surface area (Å²) >= 11 is 0. The lowest BCUT2D eigenvalue weighted by Crippen LogP contribution is -2.11. The van der Waals surface area contributed by atoms with E-state index in [1.54, 1.807) is 66.7 Å². The van der Waals surface area contributed by atoms with Gasteiger partial charge < -0.3 is 28.4 Å². The molecule has 0 spiro atoms. The fraction of sp³-hybridized carbons (Fsp3) is 0.261. The van der Waals surface area contributed by atoms with Gasteiger partial charge in [0.1, 0.15) is 34.5 Å². The lowest BCUT2D eigenvalue weighted by Gasteiger charge is -2.09. The van der Waals surface area contributed by atoms with Crippen LogP contribution in [0, 0.1) is 0 Å². The van der Waals surface area contributed by atoms with Crippen molar-refractivity contribution in [1.29, 1.82) is 0 Å². The van der Waals surface area contributed by atoms with Gasteiger partial charge in [-0.2, -0.15) is 0 Å². The Labute approximate surface area is 327 Å². The van der Waals surface area contributed by atoms with Crippen LogP contribution in [0.5, 0.6) is 34.5 Å². The first kappa shape index (κ1) is 40.8. The number of rotatable bonds is 20. The van der Waals surface area contributed by atoms with Gasteiger partial charge in [-0.25, -0.2) is 19.2 Å². The Morgan fingerprint density at radius 2 is 0.661 bits per heavy atom. The van der Waals surface area contributed by atoms with E-state index in [9.17, 15) is 19.2 Å². The smallest absolute Gasteiger partial charge is 0.343 e. The Bertz CT molecular complexity index is 1880. The molecule has 0 atom stereocenters. The normalized spacial score (nSPS) is 10.6. The minimum absolute atomic E-state index is 0.151. The second-order valence-electron chi connectivity index (χ2n) is 12.9. The SMILES string of the molecule is CCCCCCOc1ccc(C(=O)Oc2ccc(C(=O)Oc3cccc(OC(=O)c4ccc(OC(=O)c5ccc(OCCCCCC)cc5)cc4)c3)cc2)cc1. The summed E-state index contributed by atoms with van der Waals surface area (Å²) in [6, 6.07) is 31.5. The van der Waals surface area contributed by atoms with Gasteiger partial charge in [-0.1, -0.05) is 58.4 Å². The molecule has 0 radical (unpaired) electrons. The minimum atomic E-state index is -0.663. The van der Waals surface area contributed by atoms with Crippen LogP contribution in [0.2, 0.25) is 0 Å². The van der Waals surface area contributed by atoms with Crippen molar-refractivity contribution in [3.8, 4) is 34.5 Å². The van der Waals surface area contributed by atoms with Gasteiger partial charge in [-0.05, 0) is 122 Å². The zero-order valence-electron chi connectivity index (χ0n) is 31.7. The number of hydrogen-bond acceptors (Lipinski definition) is 10. The van der Waals surface area contributed by atoms with Crippen LogP contribution >= 0.6 is 0 Å². The van der Waals surface area contributed by atoms with E-state index >= 15 is 0 Å². The largest absolute Gasteiger partial charge is 0.494 e. The molecule has 290 valence electrons. The fourth-order valence-electron chi connectivity index (χ4n) is 5.40. The van der Waals surface area contributed by atoms with Crippen LogP contribution in [0.25, 0.3) is 0 Å². The van der Waals surface area contributed by atoms with Gasteiger partial charge in [0.2, 0.25) is 0 Å². The molecule has 0 fully saturated rings. The van der Waals surface area contributed by atoms with Crippen LogP contribution < -0.4 is 28.4 Å². The number of carbonyl (C=O) groups is 4. The molecule has 5 aromatic carbocycles. The summed E-state index contributed by atoms with van der Waals surface area (Å²) < 4.78 is 33.4. The van der Waals surface area contributed by atoms with Crippen LogP contribution in [0.3, 0.4) is 0 Å². The van der Waals surface area contributed by atoms with E-state index in [2.05, 4.69) is 13.8 Å². The Balaban J connectivity index is 1.06. The van der Waals surface area contributed by atoms with Gasteiger partial charge in [0.05, 0.1) is 35.5 Å². The van der Waals surface area contributed by atoms with Gasteiger partial charge in [-0.15, -0.1) is 0 Å². The maximum Gasteiger partial charge on any atom is 0.343 e. The van der Waals surface area contributed by atoms with Gasteiger partial charge >= 0.3 is 23.9 Å². The third-order valence-electron chi connectivity index (χ3n) is 8.54. The lowest BCUT2D eigenvalue weighted by atomic mass is 10.2. The molecule has 0 aliphatic carbocycles. The first-order valence-electron chi connectivity index (χ1n) is 19.0. The highest BCUT2D eigenvalue weighted by atomic mass is 16.6. The standard InChI is InChI=1S/C46H46O10/c1-3-5-7-9-30-51-37-22-14-33(15-23-37)43(47)53-39-26-18-35(19-27-39)45(49)55-41-12-11-13-42(32-41)56-46(50)36-20-28-40(29-21-36)54-44(48)34-16-24-38(25-17-34)52-31-10-8-6-4-2/h11-29,32H,3-10,30-31H2,1-2H3. The van der Waals surface area contributed by atoms with E-state index in [1.165, 1.54) is 67.4 Å². The van der Waals surface area contributed by atoms with Crippen molar-refractivity contribution in [2.75, 3.05) is 13.2 Å². The third-order valence-corrected chi connectivity index (χ3v) is 8.54. The summed E-state index contributed by atoms with van der Waals surface area (Å²) in [7, 11) is 0. The number of esters is 4. The van der Waals surface area contributed by atoms with E-state index < -0.39 is 23.9 Å². The molecule has 10 nitrogen and oxygen atoms in total. The molecule has 0 aliphatic rings. The van der Waals surface area contributed by atoms with Crippen molar-refractivity contribution in [2.45, 2.75) is 65.2 Å². The second kappa shape index (κ2) is 21.5. The van der Waals surface area contributed by atoms with Crippen LogP contribution in [0.1, 0.15) is 107 Å². The quantitative estimate of drug-likeness (QED) is 0.0430. The van der Waals surface area contributed by atoms with Crippen LogP contribution in [-0.2, 0) is 0 Å². The van der Waals surface area contributed by atoms with E-state index in [4.69, 9.17) is 28.4 Å². The van der Waals surface area contributed by atoms with Crippen molar-refractivity contribution < 1.29 is 47.6 Å². The highest BCUT2D eigenvalue weighted by molar-refractivity contribution is 5.94. The molecular formula is C46H46O10. The van der Waals surface area contributed by atoms with Gasteiger partial charge in [0, 0.05) is 6.07 Å². The van der Waals surface area contributed by atoms with Crippen LogP contribution in [0.15, 0.2) is 121 Å². The average Bonchev–Trinajstić information content (AvgIpc) is 3.21. The van der Waals surface area contributed by atoms with Crippen LogP contribution in [-0.4, -0.2) is 37.1 Å². The molecule has 56 heavy (non-hydrogen) atoms. The molecule has 0 saturated heterocycles. The number of benzene rings is 5. The molecule has 0 heterocycles. The number of unbranched alkanes of at least 4 members (excludes halogenated alkanes) is 6. The molecule has 0 aliphatic heterocycles. The monoisotopic (exact) mass is 758 g/mol. The van der Waals surface area contributed by atoms with Gasteiger partial charge in [0.25, 0.3) is 0 Å². The van der Waals surface area contributed by atoms with Crippen molar-refractivity contribution >= 4 is 23.9 Å². The Kier molecular flexibility index (Phi) is 15.6. The number of ether oxygens (including phenoxy) is 6. The van der Waals surface area contributed by atoms with E-state index in [0.29, 0.717) is 35.8 Å². The first-order valence-corrected chi connectivity index (χ1v) is 19.0. The van der Waals surface area contributed by atoms with Crippen molar-refractivity contribution in [1.82, 2.24) is 0 Å². The third kappa shape index (κ3) is 12.9. The lowest BCUT2D eigenvalue weighted by molar-refractivity contribution is 0.0723. The van der Waals surface area contributed by atoms with Gasteiger partial charge in [-0.3, -0.25) is 0 Å². The molecule has 0 unspecified atom stereocenters. The molecule has 0 saturated carbocycles. The Hall–Kier alpha value is -6.42. The van der Waals surface area contributed by atoms with Gasteiger partial charge in [0.15, 0.2) is 0 Å². The van der Waals surface area contributed by atoms with Crippen molar-refractivity contribution in [3.63, 3.8) is 0 Å². The predicted octanol–water partition coefficient (Wildman–Crippen LogP) is 10.5. The Morgan fingerprint density at radius 3 is 0.982 bits per heavy atom. The summed E-state index contributed by atoms with van der Waals surface area (Å²) in [5, 5.41) is 0. The van der Waals surface area contributed by atoms with E-state index in [0.717, 1.165) is 38.5 Å². The molecule has 5 rings (SSSR count). The van der Waals surface area contributed by atoms with E-state index in [1.807, 2.05) is 0 Å². The van der Waals surface area contributed by atoms with Crippen molar-refractivity contribution in [2.24, 2.45) is 0 Å². The molecule has 0 aromatic heterocycles. The minimum Gasteiger partial charge on any atom is -0.494 e. The summed E-state index contributed by atoms with van der Waals surface area (Å²) in [4.78, 5) is 51.1. The molecule has 10 heteroatoms. The molecule has 0 amide bonds. The van der Waals surface area contributed by atoms with Crippen molar-refractivity contribution in [3.05, 3.63) is 144 Å². The summed E-state index contributed by atoms with van der Waals surface area (Å²) in [6.07, 6.45) is 8.89. The predicted molar refractivity (Wildman–Crippen MR) is 211 cm³/mol. The highest BCUT2D eigenvalue weighted by Gasteiger charge is 2.15. The summed E-state index contributed by atoms with van der Waals surface area (Å²) in [5.41, 5.74) is 1.16. The maximum atomic E-state index is 12.9.